The fourth-order valence-corrected chi connectivity index (χ4v) is 2.54. The third kappa shape index (κ3) is 5.48. The molecule has 2 N–H and O–H groups in total. The fourth-order valence-electron chi connectivity index (χ4n) is 1.38. The van der Waals surface area contributed by atoms with Crippen LogP contribution in [0, 0.1) is 11.8 Å². The maximum atomic E-state index is 12.0. The van der Waals surface area contributed by atoms with Gasteiger partial charge in [-0.1, -0.05) is 20.8 Å². The average molecular weight is 301 g/mol. The number of nitrogens with one attached hydrogen (secondary N) is 1. The lowest BCUT2D eigenvalue weighted by Gasteiger charge is -2.12. The van der Waals surface area contributed by atoms with Crippen molar-refractivity contribution in [2.24, 2.45) is 11.8 Å². The Bertz CT molecular complexity index is 496. The normalized spacial score (nSPS) is 13.4. The lowest BCUT2D eigenvalue weighted by atomic mass is 10.2. The Morgan fingerprint density at radius 3 is 2.30 bits per heavy atom. The van der Waals surface area contributed by atoms with Crippen LogP contribution in [0.3, 0.4) is 0 Å². The molecule has 0 fully saturated rings. The van der Waals surface area contributed by atoms with Crippen LogP contribution in [0.2, 0.25) is 0 Å². The van der Waals surface area contributed by atoms with E-state index in [0.717, 1.165) is 0 Å². The molecule has 1 aromatic rings. The number of hydrogen-bond acceptors (Lipinski definition) is 4. The number of rotatable bonds is 8. The van der Waals surface area contributed by atoms with Gasteiger partial charge in [0.15, 0.2) is 0 Å². The van der Waals surface area contributed by atoms with Gasteiger partial charge in [-0.2, -0.15) is 0 Å². The minimum Gasteiger partial charge on any atom is -0.493 e. The van der Waals surface area contributed by atoms with E-state index >= 15 is 0 Å². The highest BCUT2D eigenvalue weighted by Crippen LogP contribution is 2.16. The summed E-state index contributed by atoms with van der Waals surface area (Å²) in [6.07, 6.45) is 0. The Kier molecular flexibility index (Phi) is 6.45. The van der Waals surface area contributed by atoms with E-state index in [1.807, 2.05) is 13.8 Å². The molecule has 0 aliphatic rings. The van der Waals surface area contributed by atoms with E-state index in [9.17, 15) is 8.42 Å². The van der Waals surface area contributed by atoms with Crippen molar-refractivity contribution in [2.45, 2.75) is 25.7 Å². The summed E-state index contributed by atoms with van der Waals surface area (Å²) in [4.78, 5) is 0.194. The van der Waals surface area contributed by atoms with Crippen LogP contribution in [0.15, 0.2) is 29.2 Å². The van der Waals surface area contributed by atoms with E-state index in [1.54, 1.807) is 19.1 Å². The van der Waals surface area contributed by atoms with Gasteiger partial charge >= 0.3 is 0 Å². The van der Waals surface area contributed by atoms with Crippen molar-refractivity contribution in [1.82, 2.24) is 4.72 Å². The lowest BCUT2D eigenvalue weighted by Crippen LogP contribution is -2.29. The molecule has 114 valence electrons. The Balaban J connectivity index is 2.67. The van der Waals surface area contributed by atoms with Crippen molar-refractivity contribution in [1.29, 1.82) is 0 Å². The molecule has 1 rings (SSSR count). The molecule has 1 aromatic carbocycles. The summed E-state index contributed by atoms with van der Waals surface area (Å²) in [6.45, 7) is 6.62. The smallest absolute Gasteiger partial charge is 0.240 e. The minimum absolute atomic E-state index is 0.0511. The summed E-state index contributed by atoms with van der Waals surface area (Å²) < 4.78 is 32.0. The fraction of sp³-hybridized carbons (Fsp3) is 0.571. The number of sulfonamides is 1. The quantitative estimate of drug-likeness (QED) is 0.765. The van der Waals surface area contributed by atoms with Crippen LogP contribution in [0.5, 0.6) is 5.75 Å². The Hall–Kier alpha value is -1.11. The molecule has 0 aromatic heterocycles. The highest BCUT2D eigenvalue weighted by molar-refractivity contribution is 7.89. The predicted octanol–water partition coefficient (Wildman–Crippen LogP) is 1.63. The average Bonchev–Trinajstić information content (AvgIpc) is 2.43. The first kappa shape index (κ1) is 16.9. The van der Waals surface area contributed by atoms with Crippen molar-refractivity contribution in [3.63, 3.8) is 0 Å². The third-order valence-corrected chi connectivity index (χ3v) is 4.09. The number of hydrogen-bond donors (Lipinski definition) is 2. The summed E-state index contributed by atoms with van der Waals surface area (Å²) in [5, 5.41) is 8.89. The highest BCUT2D eigenvalue weighted by Gasteiger charge is 2.14. The van der Waals surface area contributed by atoms with Gasteiger partial charge in [-0.25, -0.2) is 13.1 Å². The van der Waals surface area contributed by atoms with Gasteiger partial charge < -0.3 is 9.84 Å². The van der Waals surface area contributed by atoms with E-state index in [-0.39, 0.29) is 24.0 Å². The molecule has 1 unspecified atom stereocenters. The molecule has 5 nitrogen and oxygen atoms in total. The highest BCUT2D eigenvalue weighted by atomic mass is 32.2. The number of ether oxygens (including phenoxy) is 1. The van der Waals surface area contributed by atoms with Gasteiger partial charge in [-0.3, -0.25) is 0 Å². The monoisotopic (exact) mass is 301 g/mol. The van der Waals surface area contributed by atoms with E-state index in [2.05, 4.69) is 4.72 Å². The predicted molar refractivity (Wildman–Crippen MR) is 78.2 cm³/mol. The van der Waals surface area contributed by atoms with E-state index in [4.69, 9.17) is 9.84 Å². The van der Waals surface area contributed by atoms with E-state index in [0.29, 0.717) is 18.3 Å². The molecular weight excluding hydrogens is 278 g/mol. The molecule has 0 aliphatic carbocycles. The molecule has 6 heteroatoms. The van der Waals surface area contributed by atoms with Crippen LogP contribution in [0.4, 0.5) is 0 Å². The second kappa shape index (κ2) is 7.61. The minimum atomic E-state index is -3.53. The summed E-state index contributed by atoms with van der Waals surface area (Å²) >= 11 is 0. The largest absolute Gasteiger partial charge is 0.493 e. The molecule has 0 saturated heterocycles. The molecule has 1 atom stereocenters. The molecule has 0 bridgehead atoms. The first-order valence-electron chi connectivity index (χ1n) is 6.68. The summed E-state index contributed by atoms with van der Waals surface area (Å²) in [6, 6.07) is 6.32. The molecule has 0 spiro atoms. The first-order valence-corrected chi connectivity index (χ1v) is 8.17. The maximum absolute atomic E-state index is 12.0. The third-order valence-electron chi connectivity index (χ3n) is 2.65. The zero-order chi connectivity index (χ0) is 15.2. The Morgan fingerprint density at radius 1 is 1.20 bits per heavy atom. The Morgan fingerprint density at radius 2 is 1.80 bits per heavy atom. The van der Waals surface area contributed by atoms with Gasteiger partial charge in [0.05, 0.1) is 11.5 Å². The first-order chi connectivity index (χ1) is 9.35. The standard InChI is InChI=1S/C14H23NO4S/c1-11(2)10-19-13-4-6-14(7-5-13)20(17,18)15-8-12(3)9-16/h4-7,11-12,15-16H,8-10H2,1-3H3. The number of aliphatic hydroxyl groups is 1. The summed E-state index contributed by atoms with van der Waals surface area (Å²) in [7, 11) is -3.53. The Labute approximate surface area is 121 Å². The van der Waals surface area contributed by atoms with Crippen LogP contribution in [0.1, 0.15) is 20.8 Å². The topological polar surface area (TPSA) is 75.6 Å². The van der Waals surface area contributed by atoms with Crippen molar-refractivity contribution >= 4 is 10.0 Å². The summed E-state index contributed by atoms with van der Waals surface area (Å²) in [5.41, 5.74) is 0. The van der Waals surface area contributed by atoms with Gasteiger partial charge in [0, 0.05) is 13.2 Å². The number of aliphatic hydroxyl groups excluding tert-OH is 1. The van der Waals surface area contributed by atoms with Crippen LogP contribution in [0.25, 0.3) is 0 Å². The SMILES string of the molecule is CC(C)COc1ccc(S(=O)(=O)NCC(C)CO)cc1. The van der Waals surface area contributed by atoms with Gasteiger partial charge in [0.1, 0.15) is 5.75 Å². The van der Waals surface area contributed by atoms with Gasteiger partial charge in [0.2, 0.25) is 10.0 Å². The van der Waals surface area contributed by atoms with Crippen molar-refractivity contribution in [3.8, 4) is 5.75 Å². The summed E-state index contributed by atoms with van der Waals surface area (Å²) in [5.74, 6) is 0.958. The molecule has 0 radical (unpaired) electrons. The zero-order valence-electron chi connectivity index (χ0n) is 12.2. The molecule has 0 amide bonds. The second-order valence-electron chi connectivity index (χ2n) is 5.32. The van der Waals surface area contributed by atoms with E-state index in [1.165, 1.54) is 12.1 Å². The van der Waals surface area contributed by atoms with Crippen LogP contribution < -0.4 is 9.46 Å². The van der Waals surface area contributed by atoms with Crippen molar-refractivity contribution in [3.05, 3.63) is 24.3 Å². The second-order valence-corrected chi connectivity index (χ2v) is 7.08. The van der Waals surface area contributed by atoms with Crippen LogP contribution in [-0.4, -0.2) is 33.3 Å². The van der Waals surface area contributed by atoms with Crippen molar-refractivity contribution in [2.75, 3.05) is 19.8 Å². The van der Waals surface area contributed by atoms with Gasteiger partial charge in [-0.05, 0) is 36.1 Å². The lowest BCUT2D eigenvalue weighted by molar-refractivity contribution is 0.238. The van der Waals surface area contributed by atoms with Crippen LogP contribution >= 0.6 is 0 Å². The molecule has 0 aliphatic heterocycles. The van der Waals surface area contributed by atoms with Crippen molar-refractivity contribution < 1.29 is 18.3 Å². The van der Waals surface area contributed by atoms with Crippen LogP contribution in [-0.2, 0) is 10.0 Å². The number of benzene rings is 1. The molecule has 20 heavy (non-hydrogen) atoms. The zero-order valence-corrected chi connectivity index (χ0v) is 13.0. The molecule has 0 heterocycles. The maximum Gasteiger partial charge on any atom is 0.240 e. The van der Waals surface area contributed by atoms with Gasteiger partial charge in [-0.15, -0.1) is 0 Å². The van der Waals surface area contributed by atoms with Gasteiger partial charge in [0.25, 0.3) is 0 Å². The van der Waals surface area contributed by atoms with E-state index < -0.39 is 10.0 Å². The molecule has 0 saturated carbocycles. The molecular formula is C14H23NO4S.